The highest BCUT2D eigenvalue weighted by Crippen LogP contribution is 2.11. The molecule has 1 N–H and O–H groups in total. The van der Waals surface area contributed by atoms with Crippen molar-refractivity contribution in [2.75, 3.05) is 13.1 Å². The zero-order valence-corrected chi connectivity index (χ0v) is 8.46. The molecule has 13 heavy (non-hydrogen) atoms. The van der Waals surface area contributed by atoms with Gasteiger partial charge in [0.25, 0.3) is 0 Å². The molecule has 74 valence electrons. The molecule has 0 radical (unpaired) electrons. The van der Waals surface area contributed by atoms with Crippen LogP contribution in [0.1, 0.15) is 12.8 Å². The molecule has 0 saturated carbocycles. The van der Waals surface area contributed by atoms with Gasteiger partial charge in [-0.2, -0.15) is 0 Å². The Bertz CT molecular complexity index is 217. The molecule has 1 aromatic heterocycles. The smallest absolute Gasteiger partial charge is 0.0946 e. The molecule has 0 aliphatic carbocycles. The van der Waals surface area contributed by atoms with Gasteiger partial charge in [0.15, 0.2) is 0 Å². The van der Waals surface area contributed by atoms with Crippen LogP contribution in [0.15, 0.2) is 18.7 Å². The van der Waals surface area contributed by atoms with Crippen LogP contribution in [-0.4, -0.2) is 22.6 Å². The number of piperidine rings is 1. The molecule has 1 saturated heterocycles. The second-order valence-electron chi connectivity index (χ2n) is 3.47. The lowest BCUT2D eigenvalue weighted by molar-refractivity contribution is 0.337. The van der Waals surface area contributed by atoms with Crippen molar-refractivity contribution in [1.82, 2.24) is 14.9 Å². The molecule has 2 rings (SSSR count). The summed E-state index contributed by atoms with van der Waals surface area (Å²) < 4.78 is 2.16. The predicted molar refractivity (Wildman–Crippen MR) is 55.1 cm³/mol. The minimum Gasteiger partial charge on any atom is -0.337 e. The van der Waals surface area contributed by atoms with Crippen LogP contribution in [0.25, 0.3) is 0 Å². The maximum absolute atomic E-state index is 4.03. The molecule has 1 fully saturated rings. The predicted octanol–water partition coefficient (Wildman–Crippen LogP) is 1.30. The molecule has 1 atom stereocenters. The molecule has 1 unspecified atom stereocenters. The van der Waals surface area contributed by atoms with Gasteiger partial charge in [-0.1, -0.05) is 0 Å². The molecule has 1 aromatic rings. The van der Waals surface area contributed by atoms with Crippen molar-refractivity contribution in [3.63, 3.8) is 0 Å². The van der Waals surface area contributed by atoms with Crippen LogP contribution in [-0.2, 0) is 6.54 Å². The van der Waals surface area contributed by atoms with E-state index in [0.717, 1.165) is 19.0 Å². The van der Waals surface area contributed by atoms with E-state index < -0.39 is 0 Å². The number of rotatable bonds is 2. The van der Waals surface area contributed by atoms with Gasteiger partial charge in [0.05, 0.1) is 6.33 Å². The lowest BCUT2D eigenvalue weighted by atomic mass is 10.00. The fraction of sp³-hybridized carbons (Fsp3) is 0.667. The first-order chi connectivity index (χ1) is 5.95. The Balaban J connectivity index is 0.000000845. The zero-order chi connectivity index (χ0) is 8.23. The molecule has 0 amide bonds. The molecule has 4 heteroatoms. The van der Waals surface area contributed by atoms with E-state index in [0.29, 0.717) is 0 Å². The standard InChI is InChI=1S/C9H15N3.ClH/c1-2-9(6-10-3-1)7-12-5-4-11-8-12;/h4-5,8-10H,1-3,6-7H2;1H. The van der Waals surface area contributed by atoms with E-state index in [9.17, 15) is 0 Å². The number of halogens is 1. The first-order valence-electron chi connectivity index (χ1n) is 4.61. The average molecular weight is 202 g/mol. The van der Waals surface area contributed by atoms with E-state index in [1.54, 1.807) is 0 Å². The van der Waals surface area contributed by atoms with Crippen LogP contribution in [0.2, 0.25) is 0 Å². The zero-order valence-electron chi connectivity index (χ0n) is 7.65. The van der Waals surface area contributed by atoms with Crippen LogP contribution in [0.4, 0.5) is 0 Å². The third-order valence-corrected chi connectivity index (χ3v) is 2.43. The summed E-state index contributed by atoms with van der Waals surface area (Å²) in [5.74, 6) is 0.799. The number of hydrogen-bond acceptors (Lipinski definition) is 2. The summed E-state index contributed by atoms with van der Waals surface area (Å²) in [6.45, 7) is 3.48. The Kier molecular flexibility index (Phi) is 4.25. The van der Waals surface area contributed by atoms with Crippen LogP contribution >= 0.6 is 12.4 Å². The summed E-state index contributed by atoms with van der Waals surface area (Å²) in [5, 5.41) is 3.41. The number of aromatic nitrogens is 2. The second-order valence-corrected chi connectivity index (χ2v) is 3.47. The monoisotopic (exact) mass is 201 g/mol. The lowest BCUT2D eigenvalue weighted by Gasteiger charge is -2.22. The molecular formula is C9H16ClN3. The van der Waals surface area contributed by atoms with Crippen LogP contribution in [0, 0.1) is 5.92 Å². The van der Waals surface area contributed by atoms with Gasteiger partial charge in [0, 0.05) is 18.9 Å². The van der Waals surface area contributed by atoms with Crippen LogP contribution in [0.5, 0.6) is 0 Å². The molecular weight excluding hydrogens is 186 g/mol. The maximum atomic E-state index is 4.03. The van der Waals surface area contributed by atoms with Gasteiger partial charge in [-0.3, -0.25) is 0 Å². The summed E-state index contributed by atoms with van der Waals surface area (Å²) in [6.07, 6.45) is 8.45. The summed E-state index contributed by atoms with van der Waals surface area (Å²) >= 11 is 0. The molecule has 3 nitrogen and oxygen atoms in total. The molecule has 1 aliphatic rings. The van der Waals surface area contributed by atoms with Crippen molar-refractivity contribution in [1.29, 1.82) is 0 Å². The Morgan fingerprint density at radius 2 is 2.46 bits per heavy atom. The fourth-order valence-corrected chi connectivity index (χ4v) is 1.77. The average Bonchev–Trinajstić information content (AvgIpc) is 2.59. The largest absolute Gasteiger partial charge is 0.337 e. The second kappa shape index (κ2) is 5.25. The van der Waals surface area contributed by atoms with Crippen molar-refractivity contribution in [3.8, 4) is 0 Å². The van der Waals surface area contributed by atoms with E-state index in [1.807, 2.05) is 18.7 Å². The Hall–Kier alpha value is -0.540. The van der Waals surface area contributed by atoms with Gasteiger partial charge >= 0.3 is 0 Å². The van der Waals surface area contributed by atoms with E-state index in [4.69, 9.17) is 0 Å². The minimum absolute atomic E-state index is 0. The third-order valence-electron chi connectivity index (χ3n) is 2.43. The minimum atomic E-state index is 0. The quantitative estimate of drug-likeness (QED) is 0.782. The topological polar surface area (TPSA) is 29.9 Å². The lowest BCUT2D eigenvalue weighted by Crippen LogP contribution is -2.31. The molecule has 0 spiro atoms. The van der Waals surface area contributed by atoms with Gasteiger partial charge in [-0.25, -0.2) is 4.98 Å². The normalized spacial score (nSPS) is 22.3. The number of nitrogens with one attached hydrogen (secondary N) is 1. The van der Waals surface area contributed by atoms with Gasteiger partial charge in [-0.15, -0.1) is 12.4 Å². The Morgan fingerprint density at radius 1 is 1.54 bits per heavy atom. The number of imidazole rings is 1. The first kappa shape index (κ1) is 10.5. The van der Waals surface area contributed by atoms with Crippen LogP contribution in [0.3, 0.4) is 0 Å². The molecule has 1 aliphatic heterocycles. The summed E-state index contributed by atoms with van der Waals surface area (Å²) in [5.41, 5.74) is 0. The van der Waals surface area contributed by atoms with Gasteiger partial charge < -0.3 is 9.88 Å². The highest BCUT2D eigenvalue weighted by Gasteiger charge is 2.12. The summed E-state index contributed by atoms with van der Waals surface area (Å²) in [6, 6.07) is 0. The Morgan fingerprint density at radius 3 is 3.08 bits per heavy atom. The SMILES string of the molecule is Cl.c1cn(CC2CCCNC2)cn1. The van der Waals surface area contributed by atoms with Crippen molar-refractivity contribution in [2.45, 2.75) is 19.4 Å². The van der Waals surface area contributed by atoms with E-state index >= 15 is 0 Å². The van der Waals surface area contributed by atoms with Crippen molar-refractivity contribution >= 4 is 12.4 Å². The van der Waals surface area contributed by atoms with E-state index in [1.165, 1.54) is 19.4 Å². The summed E-state index contributed by atoms with van der Waals surface area (Å²) in [4.78, 5) is 4.03. The Labute approximate surface area is 85.0 Å². The van der Waals surface area contributed by atoms with Gasteiger partial charge in [-0.05, 0) is 31.8 Å². The maximum Gasteiger partial charge on any atom is 0.0946 e. The highest BCUT2D eigenvalue weighted by atomic mass is 35.5. The highest BCUT2D eigenvalue weighted by molar-refractivity contribution is 5.85. The fourth-order valence-electron chi connectivity index (χ4n) is 1.77. The van der Waals surface area contributed by atoms with Crippen molar-refractivity contribution < 1.29 is 0 Å². The molecule has 0 aromatic carbocycles. The van der Waals surface area contributed by atoms with E-state index in [2.05, 4.69) is 14.9 Å². The van der Waals surface area contributed by atoms with Crippen molar-refractivity contribution in [2.24, 2.45) is 5.92 Å². The molecule has 2 heterocycles. The first-order valence-corrected chi connectivity index (χ1v) is 4.61. The van der Waals surface area contributed by atoms with E-state index in [-0.39, 0.29) is 12.4 Å². The third kappa shape index (κ3) is 3.01. The number of hydrogen-bond donors (Lipinski definition) is 1. The van der Waals surface area contributed by atoms with Crippen LogP contribution < -0.4 is 5.32 Å². The van der Waals surface area contributed by atoms with Gasteiger partial charge in [0.2, 0.25) is 0 Å². The van der Waals surface area contributed by atoms with Gasteiger partial charge in [0.1, 0.15) is 0 Å². The number of nitrogens with zero attached hydrogens (tertiary/aromatic N) is 2. The summed E-state index contributed by atoms with van der Waals surface area (Å²) in [7, 11) is 0. The molecule has 0 bridgehead atoms. The van der Waals surface area contributed by atoms with Crippen molar-refractivity contribution in [3.05, 3.63) is 18.7 Å².